The average molecular weight is 1340 g/mol. The zero-order chi connectivity index (χ0) is 72.8. The monoisotopic (exact) mass is 1340 g/mol. The van der Waals surface area contributed by atoms with Crippen LogP contribution in [0, 0.1) is 6.65 Å². The minimum atomic E-state index is -1.49. The van der Waals surface area contributed by atoms with Gasteiger partial charge in [0, 0.05) is 79.1 Å². The number of nitrogens with zero attached hydrogens (tertiary/aromatic N) is 2. The zero-order valence-electron chi connectivity index (χ0n) is 57.6. The van der Waals surface area contributed by atoms with Crippen LogP contribution >= 0.6 is 0 Å². The number of amides is 3. The molecular weight excluding hydrogens is 1220 g/mol. The van der Waals surface area contributed by atoms with Gasteiger partial charge in [0.25, 0.3) is 17.7 Å². The molecule has 0 aromatic heterocycles. The first-order valence-corrected chi connectivity index (χ1v) is 31.7. The van der Waals surface area contributed by atoms with Gasteiger partial charge in [-0.05, 0) is 146 Å². The van der Waals surface area contributed by atoms with Gasteiger partial charge in [0.1, 0.15) is 0 Å². The minimum absolute atomic E-state index is 0. The number of carbonyl (C=O) groups excluding carboxylic acids is 3. The van der Waals surface area contributed by atoms with E-state index >= 15 is 0 Å². The number of benzene rings is 3. The van der Waals surface area contributed by atoms with Crippen LogP contribution < -0.4 is 54.4 Å². The number of guanidine groups is 1. The second-order valence-corrected chi connectivity index (χ2v) is 22.1. The third kappa shape index (κ3) is 53.8. The molecule has 0 aliphatic rings. The van der Waals surface area contributed by atoms with Crippen LogP contribution in [0.3, 0.4) is 0 Å². The van der Waals surface area contributed by atoms with E-state index in [1.54, 1.807) is 36.4 Å². The number of carbonyl (C=O) groups is 3. The molecule has 30 heteroatoms. The normalized spacial score (nSPS) is 13.6. The Morgan fingerprint density at radius 1 is 0.447 bits per heavy atom. The Morgan fingerprint density at radius 3 is 0.862 bits per heavy atom. The van der Waals surface area contributed by atoms with Crippen LogP contribution in [-0.4, -0.2) is 240 Å². The molecule has 11 unspecified atom stereocenters. The first kappa shape index (κ1) is 99.6. The van der Waals surface area contributed by atoms with E-state index in [9.17, 15) is 24.6 Å². The predicted molar refractivity (Wildman–Crippen MR) is 376 cm³/mol. The maximum absolute atomic E-state index is 11.7. The molecule has 11 atom stereocenters. The van der Waals surface area contributed by atoms with Gasteiger partial charge in [-0.25, -0.2) is 0 Å². The van der Waals surface area contributed by atoms with Crippen molar-refractivity contribution in [2.75, 3.05) is 52.6 Å². The third-order valence-electron chi connectivity index (χ3n) is 13.9. The average Bonchev–Trinajstić information content (AvgIpc) is 1.12. The van der Waals surface area contributed by atoms with Crippen molar-refractivity contribution < 1.29 is 90.0 Å². The molecule has 3 aromatic rings. The van der Waals surface area contributed by atoms with Crippen molar-refractivity contribution in [3.8, 4) is 0 Å². The Balaban J connectivity index is -0.000000242. The first-order chi connectivity index (χ1) is 43.7. The molecule has 540 valence electrons. The molecule has 0 fully saturated rings. The van der Waals surface area contributed by atoms with Crippen molar-refractivity contribution in [3.63, 3.8) is 0 Å². The number of aliphatic hydroxyl groups excluding tert-OH is 8. The van der Waals surface area contributed by atoms with E-state index in [4.69, 9.17) is 76.9 Å². The van der Waals surface area contributed by atoms with Crippen molar-refractivity contribution in [1.82, 2.24) is 31.5 Å². The summed E-state index contributed by atoms with van der Waals surface area (Å²) in [5.74, 6) is -0.255. The zero-order valence-corrected chi connectivity index (χ0v) is 57.6. The van der Waals surface area contributed by atoms with Gasteiger partial charge in [-0.2, -0.15) is 0 Å². The summed E-state index contributed by atoms with van der Waals surface area (Å²) >= 11 is 0. The molecule has 0 bridgehead atoms. The molecule has 0 heterocycles. The molecule has 23 N–H and O–H groups in total. The van der Waals surface area contributed by atoms with Crippen LogP contribution in [0.5, 0.6) is 0 Å². The summed E-state index contributed by atoms with van der Waals surface area (Å²) in [6.07, 6.45) is 3.74. The fourth-order valence-corrected chi connectivity index (χ4v) is 6.43. The van der Waals surface area contributed by atoms with Gasteiger partial charge < -0.3 is 109 Å². The fourth-order valence-electron chi connectivity index (χ4n) is 6.43. The van der Waals surface area contributed by atoms with Crippen LogP contribution in [0.1, 0.15) is 180 Å². The molecule has 0 aliphatic heterocycles. The van der Waals surface area contributed by atoms with Gasteiger partial charge in [-0.15, -0.1) is 0 Å². The maximum atomic E-state index is 11.7. The van der Waals surface area contributed by atoms with E-state index in [1.807, 2.05) is 88.0 Å². The first-order valence-electron chi connectivity index (χ1n) is 31.7. The number of hydrogen-bond donors (Lipinski definition) is 21. The van der Waals surface area contributed by atoms with E-state index in [1.165, 1.54) is 36.4 Å². The summed E-state index contributed by atoms with van der Waals surface area (Å²) in [5, 5.41) is 139. The molecule has 3 rings (SSSR count). The Kier molecular flexibility index (Phi) is 66.2. The van der Waals surface area contributed by atoms with Crippen molar-refractivity contribution in [3.05, 3.63) is 96.1 Å². The fraction of sp³-hybridized carbons (Fsp3) is 0.641. The van der Waals surface area contributed by atoms with Crippen LogP contribution in [0.15, 0.2) is 77.8 Å². The van der Waals surface area contributed by atoms with E-state index in [-0.39, 0.29) is 87.7 Å². The third-order valence-corrected chi connectivity index (χ3v) is 13.9. The molecular formula is C64H122B3N9O18. The van der Waals surface area contributed by atoms with Crippen molar-refractivity contribution in [1.29, 1.82) is 0 Å². The predicted octanol–water partition coefficient (Wildman–Crippen LogP) is -1.41. The van der Waals surface area contributed by atoms with E-state index in [0.717, 1.165) is 44.9 Å². The molecule has 0 radical (unpaired) electrons. The van der Waals surface area contributed by atoms with Crippen LogP contribution in [0.2, 0.25) is 0 Å². The number of nitrogens with two attached hydrogens (primary N) is 2. The van der Waals surface area contributed by atoms with Crippen molar-refractivity contribution in [2.45, 2.75) is 216 Å². The number of hydrogen-bond acceptors (Lipinski definition) is 21. The van der Waals surface area contributed by atoms with Gasteiger partial charge in [0.15, 0.2) is 5.96 Å². The number of nitrogens with one attached hydrogen (secondary N) is 5. The van der Waals surface area contributed by atoms with Gasteiger partial charge >= 0.3 is 32.7 Å². The van der Waals surface area contributed by atoms with E-state index in [2.05, 4.69) is 52.1 Å². The summed E-state index contributed by atoms with van der Waals surface area (Å²) in [6, 6.07) is 20.3. The van der Waals surface area contributed by atoms with Crippen LogP contribution in [0.25, 0.3) is 0 Å². The van der Waals surface area contributed by atoms with Crippen LogP contribution in [-0.2, 0) is 4.65 Å². The van der Waals surface area contributed by atoms with Gasteiger partial charge in [-0.1, -0.05) is 92.3 Å². The van der Waals surface area contributed by atoms with Crippen molar-refractivity contribution in [2.24, 2.45) is 16.5 Å². The number of aliphatic imine (C=N–C) groups is 1. The second kappa shape index (κ2) is 62.4. The number of aliphatic hydroxyl groups is 8. The summed E-state index contributed by atoms with van der Waals surface area (Å²) in [5.41, 5.74) is 12.9. The standard InChI is InChI=1S/3C11H16BNO3.C10H23NO4.2C7H17NO2.C5H13N3.CO.CH4/c3*1-3-8(2)13-11(14)9-4-6-10(7-5-9)12(15)16;1-3-8(2)11(4-9(14)6-12)5-10(15)7-13;2*1-3-6(2)8-4-7(10)5-9;1-3-4(2)8-5(6)7;1-2;/h3*4-8,15-16H,3H2,1-2H3,(H,13,14);8-10,12-15H,3-7H2,1-2H3;2*6-10H,3-5H2,1-2H3;4H,3H2,1-2H3,(H4,6,7,8);;1H4. The quantitative estimate of drug-likeness (QED) is 0.0112. The number of rotatable bonds is 32. The van der Waals surface area contributed by atoms with Gasteiger partial charge in [0.05, 0.1) is 56.9 Å². The van der Waals surface area contributed by atoms with E-state index < -0.39 is 45.8 Å². The summed E-state index contributed by atoms with van der Waals surface area (Å²) < 4.78 is 7.50. The van der Waals surface area contributed by atoms with Gasteiger partial charge in [-0.3, -0.25) is 24.3 Å². The Morgan fingerprint density at radius 2 is 0.691 bits per heavy atom. The molecule has 0 spiro atoms. The summed E-state index contributed by atoms with van der Waals surface area (Å²) in [7, 11) is -4.48. The molecule has 0 saturated carbocycles. The van der Waals surface area contributed by atoms with Gasteiger partial charge in [0.2, 0.25) is 0 Å². The molecule has 0 aliphatic carbocycles. The second-order valence-electron chi connectivity index (χ2n) is 22.1. The SMILES string of the molecule is C.CCC(C)N(CC(O)CO)CC(O)CO.CCC(C)N=C(N)N.CCC(C)NC(=O)c1ccc(B(O)O)cc1.CCC(C)NC(=O)c1ccc(B(O)O)cc1.CCC(C)NC(=O)c1ccc(B(O)O)cc1.CCC(C)NCC(O)CO.CCC(C)NCC(O)CO.[C-]#[O+]. The molecule has 94 heavy (non-hydrogen) atoms. The summed E-state index contributed by atoms with van der Waals surface area (Å²) in [6.45, 7) is 33.2. The Labute approximate surface area is 562 Å². The molecule has 0 saturated heterocycles. The van der Waals surface area contributed by atoms with E-state index in [0.29, 0.717) is 71.3 Å². The topological polar surface area (TPSA) is 482 Å². The van der Waals surface area contributed by atoms with Crippen LogP contribution in [0.4, 0.5) is 0 Å². The molecule has 27 nitrogen and oxygen atoms in total. The molecule has 3 amide bonds. The Hall–Kier alpha value is -5.41. The molecule has 3 aromatic carbocycles. The Bertz CT molecular complexity index is 2100. The summed E-state index contributed by atoms with van der Waals surface area (Å²) in [4.78, 5) is 40.7. The van der Waals surface area contributed by atoms with Crippen molar-refractivity contribution >= 4 is 61.4 Å².